The number of methoxy groups -OCH3 is 1. The molecule has 2 aromatic heterocycles. The van der Waals surface area contributed by atoms with Gasteiger partial charge in [-0.05, 0) is 31.4 Å². The summed E-state index contributed by atoms with van der Waals surface area (Å²) in [7, 11) is 1.61. The summed E-state index contributed by atoms with van der Waals surface area (Å²) in [4.78, 5) is 11.7. The van der Waals surface area contributed by atoms with Crippen molar-refractivity contribution in [1.82, 2.24) is 15.0 Å². The number of nitrogens with one attached hydrogen (secondary N) is 1. The van der Waals surface area contributed by atoms with E-state index < -0.39 is 11.9 Å². The highest BCUT2D eigenvalue weighted by Gasteiger charge is 2.37. The van der Waals surface area contributed by atoms with Gasteiger partial charge in [0.1, 0.15) is 5.82 Å². The zero-order chi connectivity index (χ0) is 17.2. The largest absolute Gasteiger partial charge is 0.433 e. The first-order valence-electron chi connectivity index (χ1n) is 7.58. The quantitative estimate of drug-likeness (QED) is 0.904. The molecule has 2 heterocycles. The van der Waals surface area contributed by atoms with Gasteiger partial charge in [-0.1, -0.05) is 0 Å². The van der Waals surface area contributed by atoms with Gasteiger partial charge in [-0.2, -0.15) is 13.2 Å². The van der Waals surface area contributed by atoms with E-state index in [0.29, 0.717) is 12.1 Å². The number of ether oxygens (including phenoxy) is 1. The molecule has 1 N–H and O–H groups in total. The minimum Gasteiger partial charge on any atom is -0.376 e. The zero-order valence-corrected chi connectivity index (χ0v) is 13.1. The van der Waals surface area contributed by atoms with Gasteiger partial charge in [0, 0.05) is 37.7 Å². The van der Waals surface area contributed by atoms with E-state index in [9.17, 15) is 13.2 Å². The molecule has 8 heteroatoms. The Kier molecular flexibility index (Phi) is 4.40. The first-order valence-corrected chi connectivity index (χ1v) is 7.58. The summed E-state index contributed by atoms with van der Waals surface area (Å²) < 4.78 is 44.8. The summed E-state index contributed by atoms with van der Waals surface area (Å²) in [6, 6.07) is 4.16. The molecule has 1 saturated carbocycles. The van der Waals surface area contributed by atoms with Crippen molar-refractivity contribution in [2.45, 2.75) is 31.0 Å². The average Bonchev–Trinajstić information content (AvgIpc) is 2.54. The van der Waals surface area contributed by atoms with Gasteiger partial charge in [-0.3, -0.25) is 4.98 Å². The normalized spacial score (nSPS) is 16.5. The third-order valence-electron chi connectivity index (χ3n) is 4.23. The Morgan fingerprint density at radius 2 is 2.08 bits per heavy atom. The molecule has 0 spiro atoms. The maximum Gasteiger partial charge on any atom is 0.433 e. The molecular formula is C16H17F3N4O. The predicted octanol–water partition coefficient (Wildman–Crippen LogP) is 3.54. The molecule has 0 bridgehead atoms. The van der Waals surface area contributed by atoms with Crippen molar-refractivity contribution >= 4 is 5.82 Å². The molecule has 1 aliphatic rings. The second-order valence-corrected chi connectivity index (χ2v) is 5.80. The van der Waals surface area contributed by atoms with Gasteiger partial charge >= 0.3 is 6.18 Å². The van der Waals surface area contributed by atoms with E-state index in [2.05, 4.69) is 20.3 Å². The Morgan fingerprint density at radius 3 is 2.62 bits per heavy atom. The lowest BCUT2D eigenvalue weighted by Gasteiger charge is -2.40. The maximum absolute atomic E-state index is 13.1. The minimum absolute atomic E-state index is 0.0134. The summed E-state index contributed by atoms with van der Waals surface area (Å²) in [5.74, 6) is 0.111. The molecule has 1 fully saturated rings. The molecule has 2 aromatic rings. The molecule has 128 valence electrons. The lowest BCUT2D eigenvalue weighted by Crippen LogP contribution is -2.45. The molecule has 5 nitrogen and oxygen atoms in total. The molecule has 0 amide bonds. The summed E-state index contributed by atoms with van der Waals surface area (Å²) in [6.45, 7) is 0.407. The average molecular weight is 338 g/mol. The van der Waals surface area contributed by atoms with Gasteiger partial charge in [0.2, 0.25) is 0 Å². The van der Waals surface area contributed by atoms with Crippen molar-refractivity contribution < 1.29 is 17.9 Å². The van der Waals surface area contributed by atoms with E-state index in [1.807, 2.05) is 0 Å². The van der Waals surface area contributed by atoms with Gasteiger partial charge in [-0.15, -0.1) is 0 Å². The van der Waals surface area contributed by atoms with Crippen LogP contribution in [0.15, 0.2) is 30.6 Å². The Balaban J connectivity index is 1.90. The predicted molar refractivity (Wildman–Crippen MR) is 82.3 cm³/mol. The number of aromatic nitrogens is 3. The standard InChI is InChI=1S/C16H17F3N4O/c1-24-15(5-3-6-15)10-21-13-8-12(16(17,18)19)22-14(23-13)11-4-2-7-20-9-11/h2,4,7-9H,3,5-6,10H2,1H3,(H,21,22,23). The number of pyridine rings is 1. The number of alkyl halides is 3. The summed E-state index contributed by atoms with van der Waals surface area (Å²) >= 11 is 0. The van der Waals surface area contributed by atoms with Crippen LogP contribution in [0.5, 0.6) is 0 Å². The molecule has 1 aliphatic carbocycles. The van der Waals surface area contributed by atoms with E-state index in [-0.39, 0.29) is 17.2 Å². The van der Waals surface area contributed by atoms with Crippen molar-refractivity contribution in [3.63, 3.8) is 0 Å². The van der Waals surface area contributed by atoms with Crippen molar-refractivity contribution in [2.75, 3.05) is 19.0 Å². The fourth-order valence-electron chi connectivity index (χ4n) is 2.58. The van der Waals surface area contributed by atoms with Crippen LogP contribution in [0.3, 0.4) is 0 Å². The van der Waals surface area contributed by atoms with Crippen LogP contribution in [0, 0.1) is 0 Å². The molecule has 3 rings (SSSR count). The van der Waals surface area contributed by atoms with Gasteiger partial charge in [0.05, 0.1) is 5.60 Å². The molecule has 0 aliphatic heterocycles. The number of nitrogens with zero attached hydrogens (tertiary/aromatic N) is 3. The lowest BCUT2D eigenvalue weighted by atomic mass is 9.80. The Hall–Kier alpha value is -2.22. The molecule has 0 saturated heterocycles. The zero-order valence-electron chi connectivity index (χ0n) is 13.1. The van der Waals surface area contributed by atoms with E-state index >= 15 is 0 Å². The highest BCUT2D eigenvalue weighted by Crippen LogP contribution is 2.35. The van der Waals surface area contributed by atoms with Crippen LogP contribution in [0.4, 0.5) is 19.0 Å². The molecule has 24 heavy (non-hydrogen) atoms. The van der Waals surface area contributed by atoms with Crippen molar-refractivity contribution in [3.8, 4) is 11.4 Å². The molecule has 0 aromatic carbocycles. The van der Waals surface area contributed by atoms with E-state index in [1.165, 1.54) is 12.4 Å². The Bertz CT molecular complexity index is 697. The fourth-order valence-corrected chi connectivity index (χ4v) is 2.58. The van der Waals surface area contributed by atoms with E-state index in [0.717, 1.165) is 25.3 Å². The number of anilines is 1. The number of halogens is 3. The summed E-state index contributed by atoms with van der Waals surface area (Å²) in [5, 5.41) is 2.96. The number of rotatable bonds is 5. The maximum atomic E-state index is 13.1. The van der Waals surface area contributed by atoms with Crippen LogP contribution in [0.1, 0.15) is 25.0 Å². The molecule has 0 atom stereocenters. The second-order valence-electron chi connectivity index (χ2n) is 5.80. The monoisotopic (exact) mass is 338 g/mol. The van der Waals surface area contributed by atoms with Crippen molar-refractivity contribution in [2.24, 2.45) is 0 Å². The van der Waals surface area contributed by atoms with E-state index in [4.69, 9.17) is 4.74 Å². The van der Waals surface area contributed by atoms with E-state index in [1.54, 1.807) is 19.2 Å². The van der Waals surface area contributed by atoms with Gasteiger partial charge in [0.25, 0.3) is 0 Å². The van der Waals surface area contributed by atoms with Crippen molar-refractivity contribution in [1.29, 1.82) is 0 Å². The Labute approximate surface area is 137 Å². The highest BCUT2D eigenvalue weighted by atomic mass is 19.4. The fraction of sp³-hybridized carbons (Fsp3) is 0.438. The Morgan fingerprint density at radius 1 is 1.29 bits per heavy atom. The topological polar surface area (TPSA) is 59.9 Å². The van der Waals surface area contributed by atoms with Crippen LogP contribution in [-0.2, 0) is 10.9 Å². The third-order valence-corrected chi connectivity index (χ3v) is 4.23. The number of hydrogen-bond donors (Lipinski definition) is 1. The number of hydrogen-bond acceptors (Lipinski definition) is 5. The van der Waals surface area contributed by atoms with Gasteiger partial charge in [0.15, 0.2) is 11.5 Å². The molecule has 0 radical (unpaired) electrons. The highest BCUT2D eigenvalue weighted by molar-refractivity contribution is 5.56. The van der Waals surface area contributed by atoms with Crippen LogP contribution in [-0.4, -0.2) is 34.2 Å². The first-order chi connectivity index (χ1) is 11.4. The van der Waals surface area contributed by atoms with Crippen LogP contribution >= 0.6 is 0 Å². The smallest absolute Gasteiger partial charge is 0.376 e. The second kappa shape index (κ2) is 6.35. The lowest BCUT2D eigenvalue weighted by molar-refractivity contribution is -0.141. The van der Waals surface area contributed by atoms with Gasteiger partial charge < -0.3 is 10.1 Å². The third kappa shape index (κ3) is 3.48. The van der Waals surface area contributed by atoms with Crippen LogP contribution < -0.4 is 5.32 Å². The molecular weight excluding hydrogens is 321 g/mol. The summed E-state index contributed by atoms with van der Waals surface area (Å²) in [6.07, 6.45) is 1.23. The van der Waals surface area contributed by atoms with Crippen LogP contribution in [0.25, 0.3) is 11.4 Å². The van der Waals surface area contributed by atoms with Crippen LogP contribution in [0.2, 0.25) is 0 Å². The first kappa shape index (κ1) is 16.6. The van der Waals surface area contributed by atoms with Crippen molar-refractivity contribution in [3.05, 3.63) is 36.3 Å². The van der Waals surface area contributed by atoms with Gasteiger partial charge in [-0.25, -0.2) is 9.97 Å². The minimum atomic E-state index is -4.55. The molecule has 0 unspecified atom stereocenters. The SMILES string of the molecule is COC1(CNc2cc(C(F)(F)F)nc(-c3cccnc3)n2)CCC1. The summed E-state index contributed by atoms with van der Waals surface area (Å²) in [5.41, 5.74) is -0.881.